The van der Waals surface area contributed by atoms with Crippen LogP contribution in [0.15, 0.2) is 100 Å². The Hall–Kier alpha value is -6.03. The van der Waals surface area contributed by atoms with Gasteiger partial charge in [0.05, 0.1) is 11.3 Å². The number of carbonyl (C=O) groups is 4. The lowest BCUT2D eigenvalue weighted by atomic mass is 9.90. The molecule has 3 amide bonds. The van der Waals surface area contributed by atoms with Crippen molar-refractivity contribution in [3.63, 3.8) is 0 Å². The van der Waals surface area contributed by atoms with E-state index in [0.717, 1.165) is 10.5 Å². The van der Waals surface area contributed by atoms with Crippen LogP contribution in [0.1, 0.15) is 28.8 Å². The number of amides is 3. The predicted octanol–water partition coefficient (Wildman–Crippen LogP) is 5.36. The first-order valence-electron chi connectivity index (χ1n) is 13.7. The zero-order chi connectivity index (χ0) is 31.0. The fourth-order valence-corrected chi connectivity index (χ4v) is 5.31. The topological polar surface area (TPSA) is 154 Å². The average Bonchev–Trinajstić information content (AvgIpc) is 3.33. The second-order valence-electron chi connectivity index (χ2n) is 10.3. The van der Waals surface area contributed by atoms with E-state index in [2.05, 4.69) is 5.32 Å². The number of anilines is 2. The normalized spacial score (nSPS) is 12.8. The lowest BCUT2D eigenvalue weighted by Crippen LogP contribution is -2.29. The third kappa shape index (κ3) is 5.43. The summed E-state index contributed by atoms with van der Waals surface area (Å²) in [5, 5.41) is 23.4. The molecule has 0 aromatic heterocycles. The fourth-order valence-electron chi connectivity index (χ4n) is 5.31. The van der Waals surface area contributed by atoms with Crippen LogP contribution in [0.4, 0.5) is 11.4 Å². The van der Waals surface area contributed by atoms with E-state index in [9.17, 15) is 34.2 Å². The van der Waals surface area contributed by atoms with Crippen molar-refractivity contribution in [2.75, 3.05) is 10.2 Å². The summed E-state index contributed by atoms with van der Waals surface area (Å²) in [5.74, 6) is -2.10. The Labute approximate surface area is 249 Å². The number of aromatic hydroxyl groups is 1. The monoisotopic (exact) mass is 588 g/mol. The first-order valence-corrected chi connectivity index (χ1v) is 13.7. The summed E-state index contributed by atoms with van der Waals surface area (Å²) in [5.41, 5.74) is 3.01. The number of phenols is 1. The molecule has 0 unspecified atom stereocenters. The van der Waals surface area contributed by atoms with Crippen LogP contribution >= 0.6 is 0 Å². The molecule has 218 valence electrons. The van der Waals surface area contributed by atoms with Crippen LogP contribution in [0.5, 0.6) is 5.75 Å². The molecule has 0 radical (unpaired) electrons. The molecular formula is C34H24N2O8. The van der Waals surface area contributed by atoms with Gasteiger partial charge in [0, 0.05) is 52.9 Å². The number of nitrogens with one attached hydrogen (secondary N) is 1. The third-order valence-corrected chi connectivity index (χ3v) is 7.35. The zero-order valence-corrected chi connectivity index (χ0v) is 23.1. The molecule has 0 fully saturated rings. The number of rotatable bonds is 8. The molecule has 0 saturated heterocycles. The fraction of sp³-hybridized carbons (Fsp3) is 0.0882. The van der Waals surface area contributed by atoms with E-state index in [1.807, 2.05) is 0 Å². The Morgan fingerprint density at radius 1 is 0.818 bits per heavy atom. The third-order valence-electron chi connectivity index (χ3n) is 7.35. The number of aromatic carboxylic acids is 1. The largest absolute Gasteiger partial charge is 0.508 e. The van der Waals surface area contributed by atoms with Crippen molar-refractivity contribution in [3.8, 4) is 28.2 Å². The molecular weight excluding hydrogens is 564 g/mol. The van der Waals surface area contributed by atoms with Crippen LogP contribution in [-0.2, 0) is 20.8 Å². The highest BCUT2D eigenvalue weighted by atomic mass is 16.4. The number of phenolic OH excluding ortho intramolecular Hbond substituents is 1. The number of carbonyl (C=O) groups excluding carboxylic acids is 3. The van der Waals surface area contributed by atoms with Gasteiger partial charge in [-0.15, -0.1) is 0 Å². The molecule has 3 aromatic carbocycles. The second-order valence-corrected chi connectivity index (χ2v) is 10.3. The van der Waals surface area contributed by atoms with E-state index in [1.165, 1.54) is 42.5 Å². The van der Waals surface area contributed by atoms with Gasteiger partial charge in [-0.05, 0) is 72.5 Å². The summed E-state index contributed by atoms with van der Waals surface area (Å²) in [6.07, 6.45) is 3.71. The van der Waals surface area contributed by atoms with Gasteiger partial charge >= 0.3 is 5.97 Å². The molecule has 1 aliphatic carbocycles. The van der Waals surface area contributed by atoms with Gasteiger partial charge in [-0.1, -0.05) is 18.2 Å². The minimum atomic E-state index is -1.21. The van der Waals surface area contributed by atoms with Crippen molar-refractivity contribution < 1.29 is 33.8 Å². The van der Waals surface area contributed by atoms with E-state index < -0.39 is 17.8 Å². The number of hydrogen-bond donors (Lipinski definition) is 3. The van der Waals surface area contributed by atoms with Crippen LogP contribution in [0.2, 0.25) is 0 Å². The Bertz CT molecular complexity index is 2020. The molecule has 2 aliphatic heterocycles. The summed E-state index contributed by atoms with van der Waals surface area (Å²) in [4.78, 5) is 62.0. The van der Waals surface area contributed by atoms with Crippen LogP contribution in [0.3, 0.4) is 0 Å². The minimum Gasteiger partial charge on any atom is -0.508 e. The van der Waals surface area contributed by atoms with E-state index in [1.54, 1.807) is 48.5 Å². The highest BCUT2D eigenvalue weighted by Gasteiger charge is 2.25. The van der Waals surface area contributed by atoms with Crippen LogP contribution in [0.25, 0.3) is 33.4 Å². The Balaban J connectivity index is 1.19. The molecule has 3 aliphatic rings. The van der Waals surface area contributed by atoms with Crippen molar-refractivity contribution in [1.29, 1.82) is 0 Å². The molecule has 3 N–H and O–H groups in total. The minimum absolute atomic E-state index is 0.0500. The maximum absolute atomic E-state index is 12.7. The Morgan fingerprint density at radius 2 is 1.55 bits per heavy atom. The standard InChI is InChI=1S/C34H24N2O8/c37-22-9-12-25-28(17-22)44-29-18-23(38)10-13-26(29)33(25)24-11-6-20(16-27(24)34(42)43)35-30(39)3-1-2-19-4-7-21(8-5-19)36-31(40)14-15-32(36)41/h4-18,37H,1-3H2,(H,35,39)(H,42,43). The summed E-state index contributed by atoms with van der Waals surface area (Å²) >= 11 is 0. The second kappa shape index (κ2) is 11.3. The smallest absolute Gasteiger partial charge is 0.336 e. The van der Waals surface area contributed by atoms with Crippen molar-refractivity contribution in [1.82, 2.24) is 0 Å². The van der Waals surface area contributed by atoms with Gasteiger partial charge in [-0.25, -0.2) is 9.69 Å². The van der Waals surface area contributed by atoms with Crippen molar-refractivity contribution in [3.05, 3.63) is 112 Å². The van der Waals surface area contributed by atoms with Crippen LogP contribution < -0.4 is 15.6 Å². The van der Waals surface area contributed by atoms with Crippen molar-refractivity contribution in [2.45, 2.75) is 19.3 Å². The summed E-state index contributed by atoms with van der Waals surface area (Å²) in [7, 11) is 0. The quantitative estimate of drug-likeness (QED) is 0.162. The first-order chi connectivity index (χ1) is 21.2. The van der Waals surface area contributed by atoms with Gasteiger partial charge in [0.25, 0.3) is 11.8 Å². The molecule has 0 atom stereocenters. The Morgan fingerprint density at radius 3 is 2.27 bits per heavy atom. The van der Waals surface area contributed by atoms with E-state index in [0.29, 0.717) is 46.3 Å². The summed E-state index contributed by atoms with van der Waals surface area (Å²) in [6.45, 7) is 0. The molecule has 2 heterocycles. The number of aryl methyl sites for hydroxylation is 1. The van der Waals surface area contributed by atoms with Gasteiger partial charge in [-0.3, -0.25) is 19.2 Å². The van der Waals surface area contributed by atoms with Gasteiger partial charge in [0.2, 0.25) is 5.91 Å². The van der Waals surface area contributed by atoms with Gasteiger partial charge in [0.15, 0.2) is 5.43 Å². The maximum Gasteiger partial charge on any atom is 0.336 e. The number of hydrogen-bond acceptors (Lipinski definition) is 7. The summed E-state index contributed by atoms with van der Waals surface area (Å²) < 4.78 is 5.86. The zero-order valence-electron chi connectivity index (χ0n) is 23.1. The number of carboxylic acids is 1. The number of fused-ring (bicyclic) bond motifs is 2. The average molecular weight is 589 g/mol. The molecule has 44 heavy (non-hydrogen) atoms. The molecule has 6 rings (SSSR count). The number of imide groups is 1. The van der Waals surface area contributed by atoms with Crippen LogP contribution in [0, 0.1) is 0 Å². The lowest BCUT2D eigenvalue weighted by molar-refractivity contribution is -0.120. The lowest BCUT2D eigenvalue weighted by Gasteiger charge is -2.17. The molecule has 0 spiro atoms. The van der Waals surface area contributed by atoms with E-state index >= 15 is 0 Å². The molecule has 0 saturated carbocycles. The van der Waals surface area contributed by atoms with Crippen molar-refractivity contribution in [2.24, 2.45) is 0 Å². The first kappa shape index (κ1) is 28.1. The number of carboxylic acid groups (broad SMARTS) is 1. The van der Waals surface area contributed by atoms with Gasteiger partial charge < -0.3 is 19.9 Å². The molecule has 0 bridgehead atoms. The number of nitrogens with zero attached hydrogens (tertiary/aromatic N) is 1. The van der Waals surface area contributed by atoms with E-state index in [4.69, 9.17) is 4.42 Å². The number of benzene rings is 4. The van der Waals surface area contributed by atoms with Crippen LogP contribution in [-0.4, -0.2) is 33.9 Å². The SMILES string of the molecule is O=C(CCCc1ccc(N2C(=O)C=CC2=O)cc1)Nc1ccc(-c2c3ccc(=O)cc-3oc3cc(O)ccc23)c(C(=O)O)c1. The highest BCUT2D eigenvalue weighted by Crippen LogP contribution is 2.42. The van der Waals surface area contributed by atoms with E-state index in [-0.39, 0.29) is 40.4 Å². The maximum atomic E-state index is 12.7. The van der Waals surface area contributed by atoms with Gasteiger partial charge in [0.1, 0.15) is 17.1 Å². The molecule has 10 nitrogen and oxygen atoms in total. The predicted molar refractivity (Wildman–Crippen MR) is 163 cm³/mol. The molecule has 10 heteroatoms. The Kier molecular flexibility index (Phi) is 7.24. The van der Waals surface area contributed by atoms with Gasteiger partial charge in [-0.2, -0.15) is 0 Å². The summed E-state index contributed by atoms with van der Waals surface area (Å²) in [6, 6.07) is 20.3. The molecule has 3 aromatic rings. The highest BCUT2D eigenvalue weighted by molar-refractivity contribution is 6.28. The van der Waals surface area contributed by atoms with Crippen molar-refractivity contribution >= 4 is 46.0 Å².